The van der Waals surface area contributed by atoms with Crippen LogP contribution in [-0.2, 0) is 0 Å². The number of allylic oxidation sites excluding steroid dienone is 2. The second kappa shape index (κ2) is 10.3. The van der Waals surface area contributed by atoms with Crippen molar-refractivity contribution in [3.05, 3.63) is 122 Å². The van der Waals surface area contributed by atoms with Crippen molar-refractivity contribution in [1.82, 2.24) is 14.4 Å². The Balaban J connectivity index is 0.000000636. The van der Waals surface area contributed by atoms with Crippen LogP contribution in [0.2, 0.25) is 0 Å². The van der Waals surface area contributed by atoms with Crippen LogP contribution in [0.15, 0.2) is 116 Å². The molecule has 0 bridgehead atoms. The van der Waals surface area contributed by atoms with Gasteiger partial charge in [0, 0.05) is 11.1 Å². The van der Waals surface area contributed by atoms with Gasteiger partial charge >= 0.3 is 0 Å². The highest BCUT2D eigenvalue weighted by atomic mass is 15.1. The molecular weight excluding hydrogens is 414 g/mol. The van der Waals surface area contributed by atoms with Crippen LogP contribution in [0, 0.1) is 12.3 Å². The Labute approximate surface area is 200 Å². The van der Waals surface area contributed by atoms with Crippen molar-refractivity contribution in [2.45, 2.75) is 6.92 Å². The molecule has 0 saturated heterocycles. The number of terminal acetylenes is 1. The molecule has 2 heterocycles. The summed E-state index contributed by atoms with van der Waals surface area (Å²) in [6.45, 7) is 9.53. The number of aromatic nitrogens is 3. The zero-order valence-electron chi connectivity index (χ0n) is 19.1. The van der Waals surface area contributed by atoms with Crippen LogP contribution >= 0.6 is 0 Å². The summed E-state index contributed by atoms with van der Waals surface area (Å²) in [6, 6.07) is 33.0. The summed E-state index contributed by atoms with van der Waals surface area (Å²) in [4.78, 5) is 9.90. The zero-order valence-corrected chi connectivity index (χ0v) is 19.1. The van der Waals surface area contributed by atoms with Crippen molar-refractivity contribution in [3.63, 3.8) is 0 Å². The summed E-state index contributed by atoms with van der Waals surface area (Å²) in [6.07, 6.45) is 6.06. The molecule has 0 aliphatic carbocycles. The second-order valence-electron chi connectivity index (χ2n) is 7.72. The van der Waals surface area contributed by atoms with Crippen molar-refractivity contribution >= 4 is 11.4 Å². The van der Waals surface area contributed by atoms with Gasteiger partial charge in [-0.1, -0.05) is 110 Å². The van der Waals surface area contributed by atoms with Gasteiger partial charge in [-0.15, -0.1) is 6.42 Å². The summed E-state index contributed by atoms with van der Waals surface area (Å²) in [5.41, 5.74) is 8.03. The summed E-state index contributed by atoms with van der Waals surface area (Å²) in [5.74, 6) is 2.87. The van der Waals surface area contributed by atoms with Crippen molar-refractivity contribution in [2.24, 2.45) is 0 Å². The van der Waals surface area contributed by atoms with E-state index in [4.69, 9.17) is 9.97 Å². The number of hydrogen-bond donors (Lipinski definition) is 0. The molecule has 0 spiro atoms. The van der Waals surface area contributed by atoms with Gasteiger partial charge in [-0.2, -0.15) is 0 Å². The molecule has 0 saturated carbocycles. The van der Waals surface area contributed by atoms with Gasteiger partial charge in [0.1, 0.15) is 0 Å². The highest BCUT2D eigenvalue weighted by molar-refractivity contribution is 5.82. The molecule has 0 fully saturated rings. The van der Waals surface area contributed by atoms with E-state index in [0.717, 1.165) is 45.0 Å². The lowest BCUT2D eigenvalue weighted by Crippen LogP contribution is -2.00. The molecule has 3 nitrogen and oxygen atoms in total. The van der Waals surface area contributed by atoms with Gasteiger partial charge in [0.25, 0.3) is 0 Å². The highest BCUT2D eigenvalue weighted by Crippen LogP contribution is 2.34. The van der Waals surface area contributed by atoms with E-state index in [0.29, 0.717) is 5.78 Å². The van der Waals surface area contributed by atoms with Crippen molar-refractivity contribution in [1.29, 1.82) is 0 Å². The maximum Gasteiger partial charge on any atom is 0.235 e. The molecule has 3 aromatic carbocycles. The Kier molecular flexibility index (Phi) is 6.81. The predicted octanol–water partition coefficient (Wildman–Crippen LogP) is 7.57. The van der Waals surface area contributed by atoms with E-state index < -0.39 is 0 Å². The maximum absolute atomic E-state index is 4.97. The molecular formula is C31H25N3. The average molecular weight is 440 g/mol. The molecule has 5 rings (SSSR count). The SMILES string of the molecule is C#CC=C.C=C(C)c1c(-c2ccccc2)nc2nc(-c3ccccc3)cc(-c3ccccc3)n12. The van der Waals surface area contributed by atoms with Gasteiger partial charge < -0.3 is 0 Å². The van der Waals surface area contributed by atoms with Gasteiger partial charge in [-0.3, -0.25) is 4.40 Å². The van der Waals surface area contributed by atoms with Crippen LogP contribution in [-0.4, -0.2) is 14.4 Å². The molecule has 0 aliphatic rings. The smallest absolute Gasteiger partial charge is 0.235 e. The fourth-order valence-corrected chi connectivity index (χ4v) is 3.81. The standard InChI is InChI=1S/C27H21N3.C4H4/c1-19(2)26-25(22-16-10-5-11-17-22)29-27-28-23(20-12-6-3-7-13-20)18-24(30(26)27)21-14-8-4-9-15-21;1-3-4-2/h3-18H,1H2,2H3;1,4H,2H2. The first-order chi connectivity index (χ1) is 16.6. The van der Waals surface area contributed by atoms with Gasteiger partial charge in [0.05, 0.1) is 22.8 Å². The average Bonchev–Trinajstić information content (AvgIpc) is 3.30. The van der Waals surface area contributed by atoms with Gasteiger partial charge in [-0.05, 0) is 30.2 Å². The van der Waals surface area contributed by atoms with E-state index >= 15 is 0 Å². The monoisotopic (exact) mass is 439 g/mol. The molecule has 5 aromatic rings. The van der Waals surface area contributed by atoms with E-state index in [1.807, 2.05) is 49.4 Å². The molecule has 0 atom stereocenters. The minimum atomic E-state index is 0.673. The third kappa shape index (κ3) is 4.57. The van der Waals surface area contributed by atoms with Crippen LogP contribution in [0.25, 0.3) is 45.1 Å². The van der Waals surface area contributed by atoms with Crippen molar-refractivity contribution in [2.75, 3.05) is 0 Å². The maximum atomic E-state index is 4.97. The topological polar surface area (TPSA) is 30.2 Å². The Bertz CT molecular complexity index is 1470. The summed E-state index contributed by atoms with van der Waals surface area (Å²) >= 11 is 0. The van der Waals surface area contributed by atoms with Crippen LogP contribution in [0.4, 0.5) is 0 Å². The van der Waals surface area contributed by atoms with Gasteiger partial charge in [0.2, 0.25) is 5.78 Å². The number of rotatable bonds is 4. The third-order valence-electron chi connectivity index (χ3n) is 5.30. The lowest BCUT2D eigenvalue weighted by molar-refractivity contribution is 1.10. The molecule has 34 heavy (non-hydrogen) atoms. The van der Waals surface area contributed by atoms with E-state index in [2.05, 4.69) is 84.5 Å². The molecule has 0 radical (unpaired) electrons. The Morgan fingerprint density at radius 2 is 1.32 bits per heavy atom. The fraction of sp³-hybridized carbons (Fsp3) is 0.0323. The number of nitrogens with zero attached hydrogens (tertiary/aromatic N) is 3. The summed E-state index contributed by atoms with van der Waals surface area (Å²) in [7, 11) is 0. The number of benzene rings is 3. The van der Waals surface area contributed by atoms with E-state index in [1.165, 1.54) is 6.08 Å². The number of imidazole rings is 1. The lowest BCUT2D eigenvalue weighted by Gasteiger charge is -2.12. The van der Waals surface area contributed by atoms with Crippen LogP contribution in [0.3, 0.4) is 0 Å². The molecule has 164 valence electrons. The highest BCUT2D eigenvalue weighted by Gasteiger charge is 2.20. The third-order valence-corrected chi connectivity index (χ3v) is 5.30. The molecule has 0 aliphatic heterocycles. The quantitative estimate of drug-likeness (QED) is 0.270. The minimum absolute atomic E-state index is 0.673. The Morgan fingerprint density at radius 3 is 1.82 bits per heavy atom. The van der Waals surface area contributed by atoms with Crippen LogP contribution in [0.5, 0.6) is 0 Å². The van der Waals surface area contributed by atoms with Gasteiger partial charge in [-0.25, -0.2) is 9.97 Å². The summed E-state index contributed by atoms with van der Waals surface area (Å²) < 4.78 is 2.13. The first-order valence-corrected chi connectivity index (χ1v) is 11.0. The van der Waals surface area contributed by atoms with Crippen LogP contribution in [0.1, 0.15) is 12.6 Å². The first kappa shape index (κ1) is 22.5. The Hall–Kier alpha value is -4.68. The molecule has 0 N–H and O–H groups in total. The molecule has 0 unspecified atom stereocenters. The van der Waals surface area contributed by atoms with E-state index in [9.17, 15) is 0 Å². The second-order valence-corrected chi connectivity index (χ2v) is 7.72. The largest absolute Gasteiger partial charge is 0.276 e. The van der Waals surface area contributed by atoms with Crippen molar-refractivity contribution in [3.8, 4) is 46.1 Å². The Morgan fingerprint density at radius 1 is 0.824 bits per heavy atom. The normalized spacial score (nSPS) is 10.1. The summed E-state index contributed by atoms with van der Waals surface area (Å²) in [5, 5.41) is 0. The minimum Gasteiger partial charge on any atom is -0.276 e. The number of fused-ring (bicyclic) bond motifs is 1. The van der Waals surface area contributed by atoms with Gasteiger partial charge in [0.15, 0.2) is 0 Å². The predicted molar refractivity (Wildman–Crippen MR) is 143 cm³/mol. The number of hydrogen-bond acceptors (Lipinski definition) is 2. The molecule has 0 amide bonds. The first-order valence-electron chi connectivity index (χ1n) is 11.0. The van der Waals surface area contributed by atoms with E-state index in [-0.39, 0.29) is 0 Å². The van der Waals surface area contributed by atoms with Crippen molar-refractivity contribution < 1.29 is 0 Å². The molecule has 2 aromatic heterocycles. The van der Waals surface area contributed by atoms with Crippen LogP contribution < -0.4 is 0 Å². The van der Waals surface area contributed by atoms with E-state index in [1.54, 1.807) is 0 Å². The molecule has 3 heteroatoms. The zero-order chi connectivity index (χ0) is 23.9. The lowest BCUT2D eigenvalue weighted by atomic mass is 10.1. The fourth-order valence-electron chi connectivity index (χ4n) is 3.81.